The van der Waals surface area contributed by atoms with Crippen molar-refractivity contribution in [2.75, 3.05) is 38.0 Å². The van der Waals surface area contributed by atoms with Crippen LogP contribution in [0.15, 0.2) is 0 Å². The SMILES string of the molecule is C[C@H]1CCc2c(sc(NC(=O)C[NH+]3CC[NH2+]CC3)c2C(N)=O)C1. The van der Waals surface area contributed by atoms with Gasteiger partial charge in [0.25, 0.3) is 11.8 Å². The first-order valence-corrected chi connectivity index (χ1v) is 9.25. The molecule has 1 aliphatic carbocycles. The van der Waals surface area contributed by atoms with Gasteiger partial charge in [0, 0.05) is 4.88 Å². The molecule has 0 spiro atoms. The number of thiophene rings is 1. The highest BCUT2D eigenvalue weighted by atomic mass is 32.1. The van der Waals surface area contributed by atoms with Crippen molar-refractivity contribution in [1.29, 1.82) is 0 Å². The molecule has 0 saturated carbocycles. The third-order valence-electron chi connectivity index (χ3n) is 4.83. The van der Waals surface area contributed by atoms with Crippen molar-refractivity contribution in [1.82, 2.24) is 0 Å². The summed E-state index contributed by atoms with van der Waals surface area (Å²) in [5, 5.41) is 5.89. The molecular weight excluding hydrogens is 312 g/mol. The van der Waals surface area contributed by atoms with Crippen molar-refractivity contribution in [3.8, 4) is 0 Å². The average molecular weight is 338 g/mol. The predicted molar refractivity (Wildman–Crippen MR) is 89.9 cm³/mol. The van der Waals surface area contributed by atoms with Crippen molar-refractivity contribution in [3.05, 3.63) is 16.0 Å². The molecule has 126 valence electrons. The monoisotopic (exact) mass is 338 g/mol. The molecule has 3 rings (SSSR count). The van der Waals surface area contributed by atoms with Gasteiger partial charge in [-0.1, -0.05) is 6.92 Å². The number of amides is 2. The number of nitrogens with one attached hydrogen (secondary N) is 2. The second-order valence-electron chi connectivity index (χ2n) is 6.76. The molecular formula is C16H26N4O2S+2. The Bertz CT molecular complexity index is 607. The second kappa shape index (κ2) is 6.98. The van der Waals surface area contributed by atoms with E-state index in [9.17, 15) is 9.59 Å². The van der Waals surface area contributed by atoms with E-state index in [1.54, 1.807) is 0 Å². The zero-order chi connectivity index (χ0) is 16.4. The van der Waals surface area contributed by atoms with Crippen LogP contribution in [-0.4, -0.2) is 44.5 Å². The smallest absolute Gasteiger partial charge is 0.280 e. The van der Waals surface area contributed by atoms with E-state index in [1.807, 2.05) is 0 Å². The van der Waals surface area contributed by atoms with Crippen LogP contribution < -0.4 is 21.3 Å². The predicted octanol–water partition coefficient (Wildman–Crippen LogP) is -1.63. The molecule has 1 aromatic rings. The van der Waals surface area contributed by atoms with Crippen LogP contribution in [-0.2, 0) is 17.6 Å². The van der Waals surface area contributed by atoms with Gasteiger partial charge >= 0.3 is 0 Å². The second-order valence-corrected chi connectivity index (χ2v) is 7.87. The lowest BCUT2D eigenvalue weighted by atomic mass is 9.88. The molecule has 6 N–H and O–H groups in total. The van der Waals surface area contributed by atoms with Crippen molar-refractivity contribution in [3.63, 3.8) is 0 Å². The van der Waals surface area contributed by atoms with E-state index >= 15 is 0 Å². The number of quaternary nitrogens is 2. The molecule has 0 bridgehead atoms. The molecule has 1 atom stereocenters. The fourth-order valence-corrected chi connectivity index (χ4v) is 4.99. The molecule has 7 heteroatoms. The van der Waals surface area contributed by atoms with E-state index in [0.717, 1.165) is 51.0 Å². The van der Waals surface area contributed by atoms with Crippen molar-refractivity contribution >= 4 is 28.2 Å². The summed E-state index contributed by atoms with van der Waals surface area (Å²) < 4.78 is 0. The molecule has 1 aliphatic heterocycles. The summed E-state index contributed by atoms with van der Waals surface area (Å²) in [6.07, 6.45) is 2.93. The van der Waals surface area contributed by atoms with E-state index in [1.165, 1.54) is 21.1 Å². The Balaban J connectivity index is 1.74. The third kappa shape index (κ3) is 3.73. The van der Waals surface area contributed by atoms with Crippen LogP contribution in [0.25, 0.3) is 0 Å². The summed E-state index contributed by atoms with van der Waals surface area (Å²) in [6.45, 7) is 6.84. The summed E-state index contributed by atoms with van der Waals surface area (Å²) in [4.78, 5) is 26.7. The molecule has 0 radical (unpaired) electrons. The van der Waals surface area contributed by atoms with E-state index in [4.69, 9.17) is 5.73 Å². The molecule has 1 aromatic heterocycles. The summed E-state index contributed by atoms with van der Waals surface area (Å²) in [6, 6.07) is 0. The minimum atomic E-state index is -0.424. The van der Waals surface area contributed by atoms with Gasteiger partial charge in [-0.2, -0.15) is 0 Å². The zero-order valence-electron chi connectivity index (χ0n) is 13.6. The number of piperazine rings is 1. The fraction of sp³-hybridized carbons (Fsp3) is 0.625. The van der Waals surface area contributed by atoms with Crippen LogP contribution >= 0.6 is 11.3 Å². The molecule has 0 aromatic carbocycles. The molecule has 6 nitrogen and oxygen atoms in total. The Morgan fingerprint density at radius 3 is 2.83 bits per heavy atom. The van der Waals surface area contributed by atoms with Gasteiger partial charge in [-0.25, -0.2) is 0 Å². The largest absolute Gasteiger partial charge is 0.365 e. The number of carbonyl (C=O) groups excluding carboxylic acids is 2. The Hall–Kier alpha value is -1.44. The number of primary amides is 1. The highest BCUT2D eigenvalue weighted by Gasteiger charge is 2.28. The minimum Gasteiger partial charge on any atom is -0.365 e. The number of rotatable bonds is 4. The van der Waals surface area contributed by atoms with Crippen LogP contribution in [0.2, 0.25) is 0 Å². The topological polar surface area (TPSA) is 93.2 Å². The molecule has 0 unspecified atom stereocenters. The van der Waals surface area contributed by atoms with Crippen LogP contribution in [0.5, 0.6) is 0 Å². The van der Waals surface area contributed by atoms with Gasteiger partial charge < -0.3 is 21.3 Å². The summed E-state index contributed by atoms with van der Waals surface area (Å²) in [5.74, 6) is 0.183. The number of hydrogen-bond donors (Lipinski definition) is 4. The first-order valence-electron chi connectivity index (χ1n) is 8.44. The third-order valence-corrected chi connectivity index (χ3v) is 6.00. The van der Waals surface area contributed by atoms with Crippen molar-refractivity contribution in [2.45, 2.75) is 26.2 Å². The molecule has 2 aliphatic rings. The molecule has 2 amide bonds. The molecule has 1 fully saturated rings. The van der Waals surface area contributed by atoms with Crippen molar-refractivity contribution < 1.29 is 19.8 Å². The lowest BCUT2D eigenvalue weighted by molar-refractivity contribution is -0.940. The summed E-state index contributed by atoms with van der Waals surface area (Å²) in [5.41, 5.74) is 7.20. The minimum absolute atomic E-state index is 0.0176. The van der Waals surface area contributed by atoms with E-state index in [-0.39, 0.29) is 5.91 Å². The van der Waals surface area contributed by atoms with Crippen LogP contribution in [0.4, 0.5) is 5.00 Å². The van der Waals surface area contributed by atoms with Crippen LogP contribution in [0, 0.1) is 5.92 Å². The zero-order valence-corrected chi connectivity index (χ0v) is 14.4. The Morgan fingerprint density at radius 2 is 2.13 bits per heavy atom. The fourth-order valence-electron chi connectivity index (χ4n) is 3.56. The van der Waals surface area contributed by atoms with Gasteiger partial charge in [-0.3, -0.25) is 9.59 Å². The first kappa shape index (κ1) is 16.4. The lowest BCUT2D eigenvalue weighted by Gasteiger charge is -2.21. The van der Waals surface area contributed by atoms with E-state index in [2.05, 4.69) is 17.6 Å². The van der Waals surface area contributed by atoms with Gasteiger partial charge in [-0.05, 0) is 30.7 Å². The van der Waals surface area contributed by atoms with Gasteiger partial charge in [0.1, 0.15) is 31.2 Å². The standard InChI is InChI=1S/C16H24N4O2S/c1-10-2-3-11-12(8-10)23-16(14(11)15(17)22)19-13(21)9-20-6-4-18-5-7-20/h10,18H,2-9H2,1H3,(H2,17,22)(H,19,21)/p+2/t10-/m0/s1. The number of fused-ring (bicyclic) bond motifs is 1. The Morgan fingerprint density at radius 1 is 1.39 bits per heavy atom. The molecule has 23 heavy (non-hydrogen) atoms. The van der Waals surface area contributed by atoms with Crippen molar-refractivity contribution in [2.24, 2.45) is 11.7 Å². The quantitative estimate of drug-likeness (QED) is 0.531. The maximum Gasteiger partial charge on any atom is 0.280 e. The maximum atomic E-state index is 12.3. The number of nitrogens with two attached hydrogens (primary N) is 2. The average Bonchev–Trinajstić information content (AvgIpc) is 2.84. The van der Waals surface area contributed by atoms with Gasteiger partial charge in [-0.15, -0.1) is 11.3 Å². The van der Waals surface area contributed by atoms with E-state index < -0.39 is 5.91 Å². The highest BCUT2D eigenvalue weighted by Crippen LogP contribution is 2.39. The maximum absolute atomic E-state index is 12.3. The van der Waals surface area contributed by atoms with Gasteiger partial charge in [0.15, 0.2) is 6.54 Å². The number of hydrogen-bond acceptors (Lipinski definition) is 3. The van der Waals surface area contributed by atoms with Crippen LogP contribution in [0.1, 0.15) is 34.1 Å². The summed E-state index contributed by atoms with van der Waals surface area (Å²) >= 11 is 1.54. The van der Waals surface area contributed by atoms with Gasteiger partial charge in [0.2, 0.25) is 0 Å². The summed E-state index contributed by atoms with van der Waals surface area (Å²) in [7, 11) is 0. The first-order chi connectivity index (χ1) is 11.0. The lowest BCUT2D eigenvalue weighted by Crippen LogP contribution is -3.21. The van der Waals surface area contributed by atoms with Gasteiger partial charge in [0.05, 0.1) is 5.56 Å². The normalized spacial score (nSPS) is 21.7. The highest BCUT2D eigenvalue weighted by molar-refractivity contribution is 7.17. The molecule has 2 heterocycles. The Labute approximate surface area is 140 Å². The molecule has 1 saturated heterocycles. The Kier molecular flexibility index (Phi) is 4.99. The van der Waals surface area contributed by atoms with Crippen LogP contribution in [0.3, 0.4) is 0 Å². The number of carbonyl (C=O) groups is 2. The van der Waals surface area contributed by atoms with E-state index in [0.29, 0.717) is 23.0 Å². The number of anilines is 1.